The van der Waals surface area contributed by atoms with Gasteiger partial charge in [0.1, 0.15) is 5.75 Å². The number of hydrogen-bond acceptors (Lipinski definition) is 10. The van der Waals surface area contributed by atoms with Crippen LogP contribution < -0.4 is 14.5 Å². The zero-order valence-corrected chi connectivity index (χ0v) is 43.5. The molecule has 0 radical (unpaired) electrons. The van der Waals surface area contributed by atoms with Crippen molar-refractivity contribution < 1.29 is 19.1 Å². The monoisotopic (exact) mass is 1010 g/mol. The minimum atomic E-state index is 0. The summed E-state index contributed by atoms with van der Waals surface area (Å²) < 4.78 is 10.5. The van der Waals surface area contributed by atoms with Gasteiger partial charge in [0.25, 0.3) is 6.47 Å². The van der Waals surface area contributed by atoms with E-state index in [2.05, 4.69) is 138 Å². The zero-order valence-electron chi connectivity index (χ0n) is 41.8. The summed E-state index contributed by atoms with van der Waals surface area (Å²) in [6.07, 6.45) is 13.6. The van der Waals surface area contributed by atoms with Gasteiger partial charge in [-0.25, -0.2) is 0 Å². The second-order valence-electron chi connectivity index (χ2n) is 20.4. The third kappa shape index (κ3) is 11.2. The minimum Gasteiger partial charge on any atom is -0.429 e. The molecule has 0 atom stereocenters. The van der Waals surface area contributed by atoms with E-state index >= 15 is 0 Å². The second-order valence-corrected chi connectivity index (χ2v) is 22.9. The van der Waals surface area contributed by atoms with Crippen molar-refractivity contribution in [2.75, 3.05) is 98.3 Å². The van der Waals surface area contributed by atoms with Crippen LogP contribution in [0, 0.1) is 6.92 Å². The Bertz CT molecular complexity index is 2790. The molecule has 0 N–H and O–H groups in total. The number of thioether (sulfide) groups is 2. The fraction of sp³-hybridized carbons (Fsp3) is 0.500. The van der Waals surface area contributed by atoms with Crippen LogP contribution in [0.2, 0.25) is 0 Å². The van der Waals surface area contributed by atoms with E-state index < -0.39 is 0 Å². The van der Waals surface area contributed by atoms with Crippen molar-refractivity contribution in [3.8, 4) is 28.3 Å². The maximum atomic E-state index is 11.1. The van der Waals surface area contributed by atoms with Crippen LogP contribution in [-0.4, -0.2) is 120 Å². The molecule has 2 saturated carbocycles. The number of para-hydroxylation sites is 2. The number of carbonyl (C=O) groups excluding carboxylic acids is 3. The number of hydrogen-bond donors (Lipinski definition) is 0. The molecule has 4 fully saturated rings. The molecule has 6 aromatic rings. The summed E-state index contributed by atoms with van der Waals surface area (Å²) in [5, 5.41) is 2.84. The summed E-state index contributed by atoms with van der Waals surface area (Å²) in [6.45, 7) is 16.3. The highest BCUT2D eigenvalue weighted by Gasteiger charge is 2.32. The number of anilines is 2. The normalized spacial score (nSPS) is 18.6. The van der Waals surface area contributed by atoms with E-state index in [9.17, 15) is 4.79 Å². The average Bonchev–Trinajstić information content (AvgIpc) is 3.78. The van der Waals surface area contributed by atoms with Gasteiger partial charge in [0, 0.05) is 146 Å². The molecule has 12 rings (SSSR count). The number of fused-ring (bicyclic) bond motifs is 10. The van der Waals surface area contributed by atoms with Gasteiger partial charge in [-0.15, -0.1) is 0 Å². The van der Waals surface area contributed by atoms with Gasteiger partial charge in [-0.1, -0.05) is 94.5 Å². The van der Waals surface area contributed by atoms with Gasteiger partial charge in [0.05, 0.1) is 16.9 Å². The number of aryl methyl sites for hydroxylation is 1. The predicted molar refractivity (Wildman–Crippen MR) is 302 cm³/mol. The van der Waals surface area contributed by atoms with Crippen molar-refractivity contribution in [3.63, 3.8) is 0 Å². The van der Waals surface area contributed by atoms with Crippen LogP contribution in [0.5, 0.6) is 5.75 Å². The SMILES string of the molecule is C.Cc1ccc2c(C3CCCCC3)c3n(c2c1)CCN(CCN1CCSCC1)c1ccccc1-3.O=C=O.O=COc1ccc2c(C3CCCCC3)c3n(c2c1)CCN(CCN1CCSCC1)c1ccccc1-3. The lowest BCUT2D eigenvalue weighted by molar-refractivity contribution is -0.191. The van der Waals surface area contributed by atoms with Crippen LogP contribution in [0.25, 0.3) is 44.3 Å². The Morgan fingerprint density at radius 2 is 1.00 bits per heavy atom. The molecule has 0 amide bonds. The first-order chi connectivity index (χ1) is 35.0. The summed E-state index contributed by atoms with van der Waals surface area (Å²) in [7, 11) is 0. The van der Waals surface area contributed by atoms with Gasteiger partial charge >= 0.3 is 6.15 Å². The van der Waals surface area contributed by atoms with Gasteiger partial charge < -0.3 is 23.7 Å². The van der Waals surface area contributed by atoms with Crippen LogP contribution in [0.3, 0.4) is 0 Å². The lowest BCUT2D eigenvalue weighted by Crippen LogP contribution is -2.40. The molecule has 4 aromatic carbocycles. The van der Waals surface area contributed by atoms with Crippen molar-refractivity contribution >= 4 is 69.3 Å². The molecular formula is C60H76N6O4S2. The van der Waals surface area contributed by atoms with Gasteiger partial charge in [0.2, 0.25) is 0 Å². The van der Waals surface area contributed by atoms with Gasteiger partial charge in [-0.3, -0.25) is 14.6 Å². The number of benzene rings is 4. The van der Waals surface area contributed by atoms with Crippen molar-refractivity contribution in [1.82, 2.24) is 18.9 Å². The first kappa shape index (κ1) is 51.9. The first-order valence-corrected chi connectivity index (χ1v) is 29.0. The quantitative estimate of drug-likeness (QED) is 0.124. The molecule has 0 unspecified atom stereocenters. The highest BCUT2D eigenvalue weighted by atomic mass is 32.2. The van der Waals surface area contributed by atoms with Crippen LogP contribution >= 0.6 is 23.5 Å². The minimum absolute atomic E-state index is 0. The van der Waals surface area contributed by atoms with Crippen LogP contribution in [0.1, 0.15) is 100 Å². The van der Waals surface area contributed by atoms with Crippen LogP contribution in [0.4, 0.5) is 11.4 Å². The average molecular weight is 1010 g/mol. The summed E-state index contributed by atoms with van der Waals surface area (Å²) >= 11 is 4.18. The summed E-state index contributed by atoms with van der Waals surface area (Å²) in [6, 6.07) is 31.7. The lowest BCUT2D eigenvalue weighted by Gasteiger charge is -2.31. The molecule has 4 aliphatic heterocycles. The highest BCUT2D eigenvalue weighted by molar-refractivity contribution is 7.99. The largest absolute Gasteiger partial charge is 0.429 e. The van der Waals surface area contributed by atoms with Gasteiger partial charge in [-0.05, 0) is 91.5 Å². The molecule has 6 heterocycles. The standard InChI is InChI=1S/C29H35N3O2S.C29H37N3S.CO2.CH4/c33-21-34-23-10-11-24-27(20-23)32-15-14-31(13-12-30-16-18-35-19-17-30)26-9-5-4-8-25(26)29(32)28(24)22-6-2-1-3-7-22;1-22-11-12-24-27(21-22)32-16-15-31(14-13-30-17-19-33-20-18-30)26-10-6-5-9-25(26)29(32)28(24)23-7-3-2-4-8-23;2-1-3;/h4-5,8-11,20-22H,1-3,6-7,12-19H2;5-6,9-12,21,23H,2-4,7-8,13-20H2,1H3;;1H4. The summed E-state index contributed by atoms with van der Waals surface area (Å²) in [4.78, 5) is 37.9. The van der Waals surface area contributed by atoms with Gasteiger partial charge in [0.15, 0.2) is 0 Å². The van der Waals surface area contributed by atoms with E-state index in [1.54, 1.807) is 5.56 Å². The molecule has 2 saturated heterocycles. The van der Waals surface area contributed by atoms with Gasteiger partial charge in [-0.2, -0.15) is 33.1 Å². The number of carbonyl (C=O) groups is 1. The fourth-order valence-corrected chi connectivity index (χ4v) is 14.8. The third-order valence-electron chi connectivity index (χ3n) is 16.3. The summed E-state index contributed by atoms with van der Waals surface area (Å²) in [5.41, 5.74) is 15.7. The Labute approximate surface area is 436 Å². The number of ether oxygens (including phenoxy) is 1. The fourth-order valence-electron chi connectivity index (χ4n) is 12.8. The van der Waals surface area contributed by atoms with Crippen LogP contribution in [-0.2, 0) is 27.5 Å². The number of rotatable bonds is 10. The third-order valence-corrected chi connectivity index (χ3v) is 18.2. The van der Waals surface area contributed by atoms with E-state index in [0.29, 0.717) is 24.1 Å². The lowest BCUT2D eigenvalue weighted by atomic mass is 9.81. The Balaban J connectivity index is 0.000000167. The summed E-state index contributed by atoms with van der Waals surface area (Å²) in [5.74, 6) is 7.00. The Kier molecular flexibility index (Phi) is 17.9. The number of aromatic nitrogens is 2. The molecule has 2 aliphatic carbocycles. The first-order valence-electron chi connectivity index (χ1n) is 26.7. The van der Waals surface area contributed by atoms with E-state index in [1.165, 1.54) is 187 Å². The Morgan fingerprint density at radius 3 is 1.47 bits per heavy atom. The molecule has 72 heavy (non-hydrogen) atoms. The van der Waals surface area contributed by atoms with E-state index in [4.69, 9.17) is 14.3 Å². The molecule has 0 spiro atoms. The molecular weight excluding hydrogens is 933 g/mol. The Morgan fingerprint density at radius 1 is 0.556 bits per heavy atom. The molecule has 382 valence electrons. The molecule has 10 nitrogen and oxygen atoms in total. The predicted octanol–water partition coefficient (Wildman–Crippen LogP) is 12.3. The highest BCUT2D eigenvalue weighted by Crippen LogP contribution is 2.49. The number of nitrogens with zero attached hydrogens (tertiary/aromatic N) is 6. The second kappa shape index (κ2) is 24.8. The maximum Gasteiger partial charge on any atom is 0.373 e. The van der Waals surface area contributed by atoms with Crippen molar-refractivity contribution in [2.45, 2.75) is 103 Å². The van der Waals surface area contributed by atoms with E-state index in [0.717, 1.165) is 45.8 Å². The molecule has 2 aromatic heterocycles. The molecule has 0 bridgehead atoms. The van der Waals surface area contributed by atoms with Crippen LogP contribution in [0.15, 0.2) is 84.9 Å². The molecule has 12 heteroatoms. The topological polar surface area (TPSA) is 83.3 Å². The van der Waals surface area contributed by atoms with Crippen molar-refractivity contribution in [2.24, 2.45) is 0 Å². The van der Waals surface area contributed by atoms with E-state index in [-0.39, 0.29) is 13.6 Å². The Hall–Kier alpha value is -4.97. The zero-order chi connectivity index (χ0) is 48.5. The van der Waals surface area contributed by atoms with Crippen molar-refractivity contribution in [1.29, 1.82) is 0 Å². The maximum absolute atomic E-state index is 11.1. The van der Waals surface area contributed by atoms with E-state index in [1.807, 2.05) is 6.07 Å². The smallest absolute Gasteiger partial charge is 0.373 e. The van der Waals surface area contributed by atoms with Crippen molar-refractivity contribution in [3.05, 3.63) is 102 Å². The molecule has 6 aliphatic rings.